The Morgan fingerprint density at radius 1 is 0.882 bits per heavy atom. The number of benzene rings is 2. The minimum atomic E-state index is 0.406. The molecule has 4 nitrogen and oxygen atoms in total. The summed E-state index contributed by atoms with van der Waals surface area (Å²) in [6, 6.07) is 24.0. The number of hydrogen-bond acceptors (Lipinski definition) is 3. The highest BCUT2D eigenvalue weighted by Crippen LogP contribution is 2.53. The first-order valence-electron chi connectivity index (χ1n) is 12.5. The van der Waals surface area contributed by atoms with Crippen LogP contribution in [0.4, 0.5) is 5.69 Å². The van der Waals surface area contributed by atoms with E-state index in [0.717, 1.165) is 35.7 Å². The lowest BCUT2D eigenvalue weighted by Gasteiger charge is -2.40. The van der Waals surface area contributed by atoms with Gasteiger partial charge in [0.15, 0.2) is 0 Å². The molecule has 3 heterocycles. The van der Waals surface area contributed by atoms with E-state index in [1.165, 1.54) is 36.1 Å². The summed E-state index contributed by atoms with van der Waals surface area (Å²) in [6.07, 6.45) is 5.91. The average Bonchev–Trinajstić information content (AvgIpc) is 3.27. The summed E-state index contributed by atoms with van der Waals surface area (Å²) in [5, 5.41) is 0. The number of nitrogens with two attached hydrogens (primary N) is 1. The maximum Gasteiger partial charge on any atom is 0.137 e. The minimum Gasteiger partial charge on any atom is -0.398 e. The van der Waals surface area contributed by atoms with Gasteiger partial charge in [-0.05, 0) is 53.4 Å². The van der Waals surface area contributed by atoms with E-state index in [-0.39, 0.29) is 0 Å². The smallest absolute Gasteiger partial charge is 0.137 e. The number of aromatic nitrogens is 2. The van der Waals surface area contributed by atoms with Gasteiger partial charge in [-0.3, -0.25) is 4.90 Å². The first-order chi connectivity index (χ1) is 16.3. The number of anilines is 1. The number of likely N-dealkylation sites (tertiary alicyclic amines) is 1. The van der Waals surface area contributed by atoms with Gasteiger partial charge in [0.2, 0.25) is 0 Å². The fourth-order valence-electron chi connectivity index (χ4n) is 6.90. The van der Waals surface area contributed by atoms with Gasteiger partial charge in [-0.15, -0.1) is 0 Å². The summed E-state index contributed by atoms with van der Waals surface area (Å²) in [6.45, 7) is 9.42. The molecule has 34 heavy (non-hydrogen) atoms. The van der Waals surface area contributed by atoms with E-state index in [0.29, 0.717) is 16.9 Å². The molecule has 174 valence electrons. The van der Waals surface area contributed by atoms with Crippen molar-refractivity contribution in [2.45, 2.75) is 52.6 Å². The van der Waals surface area contributed by atoms with Crippen LogP contribution in [0, 0.1) is 10.8 Å². The monoisotopic (exact) mass is 450 g/mol. The van der Waals surface area contributed by atoms with Crippen LogP contribution in [0.5, 0.6) is 0 Å². The van der Waals surface area contributed by atoms with Crippen molar-refractivity contribution in [3.05, 3.63) is 78.6 Å². The molecule has 2 unspecified atom stereocenters. The number of pyridine rings is 1. The van der Waals surface area contributed by atoms with Gasteiger partial charge < -0.3 is 10.1 Å². The zero-order chi connectivity index (χ0) is 23.5. The molecule has 2 fully saturated rings. The highest BCUT2D eigenvalue weighted by atomic mass is 15.2. The first kappa shape index (κ1) is 21.4. The van der Waals surface area contributed by atoms with Gasteiger partial charge in [-0.1, -0.05) is 75.4 Å². The molecular weight excluding hydrogens is 416 g/mol. The molecule has 2 N–H and O–H groups in total. The number of nitrogens with zero attached hydrogens (tertiary/aromatic N) is 3. The molecule has 0 spiro atoms. The molecule has 0 radical (unpaired) electrons. The van der Waals surface area contributed by atoms with Crippen LogP contribution >= 0.6 is 0 Å². The van der Waals surface area contributed by atoms with Crippen molar-refractivity contribution in [2.24, 2.45) is 10.8 Å². The Balaban J connectivity index is 1.39. The number of rotatable bonds is 4. The van der Waals surface area contributed by atoms with Gasteiger partial charge in [-0.2, -0.15) is 0 Å². The molecule has 2 bridgehead atoms. The zero-order valence-corrected chi connectivity index (χ0v) is 20.5. The summed E-state index contributed by atoms with van der Waals surface area (Å²) >= 11 is 0. The van der Waals surface area contributed by atoms with Gasteiger partial charge in [-0.25, -0.2) is 4.98 Å². The van der Waals surface area contributed by atoms with Crippen LogP contribution in [0.15, 0.2) is 72.9 Å². The van der Waals surface area contributed by atoms with Crippen LogP contribution in [0.3, 0.4) is 0 Å². The van der Waals surface area contributed by atoms with Gasteiger partial charge >= 0.3 is 0 Å². The van der Waals surface area contributed by atoms with E-state index >= 15 is 0 Å². The predicted octanol–water partition coefficient (Wildman–Crippen LogP) is 6.65. The van der Waals surface area contributed by atoms with Gasteiger partial charge in [0, 0.05) is 36.6 Å². The van der Waals surface area contributed by atoms with Gasteiger partial charge in [0.25, 0.3) is 0 Å². The van der Waals surface area contributed by atoms with Crippen molar-refractivity contribution in [2.75, 3.05) is 12.3 Å². The third-order valence-electron chi connectivity index (χ3n) is 7.88. The van der Waals surface area contributed by atoms with Crippen molar-refractivity contribution < 1.29 is 0 Å². The molecule has 2 aromatic heterocycles. The second-order valence-electron chi connectivity index (χ2n) is 11.7. The van der Waals surface area contributed by atoms with E-state index < -0.39 is 0 Å². The van der Waals surface area contributed by atoms with Crippen molar-refractivity contribution >= 4 is 11.3 Å². The molecule has 2 aromatic carbocycles. The molecule has 4 heteroatoms. The van der Waals surface area contributed by atoms with Gasteiger partial charge in [0.05, 0.1) is 11.4 Å². The molecule has 4 aromatic rings. The quantitative estimate of drug-likeness (QED) is 0.378. The average molecular weight is 451 g/mol. The summed E-state index contributed by atoms with van der Waals surface area (Å²) < 4.78 is 2.21. The largest absolute Gasteiger partial charge is 0.398 e. The Bertz CT molecular complexity index is 1340. The molecule has 0 amide bonds. The highest BCUT2D eigenvalue weighted by Gasteiger charge is 2.49. The van der Waals surface area contributed by atoms with Crippen LogP contribution < -0.4 is 5.73 Å². The molecule has 2 aliphatic rings. The fourth-order valence-corrected chi connectivity index (χ4v) is 6.90. The standard InChI is InChI=1S/C30H34N4/c1-29(2)15-25-16-30(3,19-29)20-33(25)18-26-28(32-27-14-13-24(31)17-34(26)27)23-11-9-22(10-12-23)21-7-5-4-6-8-21/h4-14,17,25H,15-16,18-20,31H2,1-3H3. The zero-order valence-electron chi connectivity index (χ0n) is 20.5. The van der Waals surface area contributed by atoms with Crippen molar-refractivity contribution in [3.63, 3.8) is 0 Å². The first-order valence-corrected chi connectivity index (χ1v) is 12.5. The lowest BCUT2D eigenvalue weighted by molar-refractivity contribution is 0.126. The summed E-state index contributed by atoms with van der Waals surface area (Å²) in [4.78, 5) is 7.79. The highest BCUT2D eigenvalue weighted by molar-refractivity contribution is 5.72. The maximum atomic E-state index is 6.21. The predicted molar refractivity (Wildman–Crippen MR) is 140 cm³/mol. The second-order valence-corrected chi connectivity index (χ2v) is 11.7. The number of hydrogen-bond donors (Lipinski definition) is 1. The van der Waals surface area contributed by atoms with Gasteiger partial charge in [0.1, 0.15) is 5.65 Å². The van der Waals surface area contributed by atoms with Crippen molar-refractivity contribution in [3.8, 4) is 22.4 Å². The SMILES string of the molecule is CC1(C)CC2CC(C)(CN2Cc2c(-c3ccc(-c4ccccc4)cc3)nc3ccc(N)cn23)C1. The lowest BCUT2D eigenvalue weighted by Crippen LogP contribution is -2.34. The van der Waals surface area contributed by atoms with E-state index in [9.17, 15) is 0 Å². The van der Waals surface area contributed by atoms with E-state index in [1.54, 1.807) is 0 Å². The van der Waals surface area contributed by atoms with Crippen LogP contribution in [-0.4, -0.2) is 26.9 Å². The summed E-state index contributed by atoms with van der Waals surface area (Å²) in [7, 11) is 0. The topological polar surface area (TPSA) is 46.6 Å². The Morgan fingerprint density at radius 2 is 1.59 bits per heavy atom. The molecule has 1 saturated carbocycles. The van der Waals surface area contributed by atoms with Crippen LogP contribution in [0.25, 0.3) is 28.0 Å². The lowest BCUT2D eigenvalue weighted by atomic mass is 9.65. The second kappa shape index (κ2) is 7.71. The fraction of sp³-hybridized carbons (Fsp3) is 0.367. The Labute approximate surface area is 202 Å². The Kier molecular flexibility index (Phi) is 4.86. The third-order valence-corrected chi connectivity index (χ3v) is 7.88. The Morgan fingerprint density at radius 3 is 2.35 bits per heavy atom. The number of fused-ring (bicyclic) bond motifs is 3. The molecular formula is C30H34N4. The van der Waals surface area contributed by atoms with Crippen molar-refractivity contribution in [1.82, 2.24) is 14.3 Å². The molecule has 2 atom stereocenters. The van der Waals surface area contributed by atoms with E-state index in [4.69, 9.17) is 10.7 Å². The molecule has 1 saturated heterocycles. The molecule has 6 rings (SSSR count). The molecule has 1 aliphatic carbocycles. The minimum absolute atomic E-state index is 0.406. The van der Waals surface area contributed by atoms with Crippen LogP contribution in [0.1, 0.15) is 45.7 Å². The number of nitrogen functional groups attached to an aromatic ring is 1. The summed E-state index contributed by atoms with van der Waals surface area (Å²) in [5.74, 6) is 0. The molecule has 1 aliphatic heterocycles. The number of imidazole rings is 1. The normalized spacial score (nSPS) is 24.0. The maximum absolute atomic E-state index is 6.21. The summed E-state index contributed by atoms with van der Waals surface area (Å²) in [5.41, 5.74) is 14.7. The third kappa shape index (κ3) is 3.80. The van der Waals surface area contributed by atoms with Crippen LogP contribution in [0.2, 0.25) is 0 Å². The van der Waals surface area contributed by atoms with E-state index in [1.807, 2.05) is 18.3 Å². The van der Waals surface area contributed by atoms with Crippen LogP contribution in [-0.2, 0) is 6.54 Å². The van der Waals surface area contributed by atoms with E-state index in [2.05, 4.69) is 84.7 Å². The van der Waals surface area contributed by atoms with Crippen molar-refractivity contribution in [1.29, 1.82) is 0 Å². The Hall–Kier alpha value is -3.11.